The molecular weight excluding hydrogens is 248 g/mol. The van der Waals surface area contributed by atoms with Crippen molar-refractivity contribution in [1.29, 1.82) is 0 Å². The highest BCUT2D eigenvalue weighted by Crippen LogP contribution is 2.23. The van der Waals surface area contributed by atoms with Gasteiger partial charge in [-0.2, -0.15) is 0 Å². The van der Waals surface area contributed by atoms with Gasteiger partial charge in [0.2, 0.25) is 0 Å². The highest BCUT2D eigenvalue weighted by atomic mass is 32.2. The molecule has 1 aliphatic rings. The summed E-state index contributed by atoms with van der Waals surface area (Å²) in [5.41, 5.74) is 0.467. The van der Waals surface area contributed by atoms with E-state index >= 15 is 0 Å². The molecule has 2 rings (SSSR count). The van der Waals surface area contributed by atoms with E-state index in [1.807, 2.05) is 30.3 Å². The second-order valence-electron chi connectivity index (χ2n) is 4.89. The molecule has 2 unspecified atom stereocenters. The lowest BCUT2D eigenvalue weighted by Gasteiger charge is -2.25. The Morgan fingerprint density at radius 1 is 1.28 bits per heavy atom. The second-order valence-corrected chi connectivity index (χ2v) is 7.39. The minimum Gasteiger partial charge on any atom is -0.362 e. The van der Waals surface area contributed by atoms with Crippen LogP contribution in [0.4, 0.5) is 0 Å². The molecule has 3 nitrogen and oxygen atoms in total. The topological polar surface area (TPSA) is 43.4 Å². The van der Waals surface area contributed by atoms with E-state index in [9.17, 15) is 8.42 Å². The smallest absolute Gasteiger partial charge is 0.180 e. The van der Waals surface area contributed by atoms with Crippen molar-refractivity contribution in [2.75, 3.05) is 6.61 Å². The summed E-state index contributed by atoms with van der Waals surface area (Å²) in [7, 11) is -3.18. The number of hydrogen-bond donors (Lipinski definition) is 0. The van der Waals surface area contributed by atoms with Gasteiger partial charge in [0.05, 0.1) is 5.25 Å². The van der Waals surface area contributed by atoms with Crippen molar-refractivity contribution in [2.24, 2.45) is 0 Å². The largest absolute Gasteiger partial charge is 0.362 e. The molecule has 0 aromatic heterocycles. The van der Waals surface area contributed by atoms with Gasteiger partial charge in [-0.15, -0.1) is 0 Å². The molecule has 4 heteroatoms. The Morgan fingerprint density at radius 2 is 2.00 bits per heavy atom. The molecule has 1 heterocycles. The van der Waals surface area contributed by atoms with E-state index in [1.165, 1.54) is 0 Å². The third-order valence-electron chi connectivity index (χ3n) is 3.43. The quantitative estimate of drug-likeness (QED) is 0.843. The van der Waals surface area contributed by atoms with Crippen molar-refractivity contribution in [3.63, 3.8) is 0 Å². The number of sulfone groups is 1. The highest BCUT2D eigenvalue weighted by Gasteiger charge is 2.33. The van der Waals surface area contributed by atoms with E-state index < -0.39 is 15.3 Å². The highest BCUT2D eigenvalue weighted by molar-refractivity contribution is 7.92. The molecule has 0 radical (unpaired) electrons. The number of hydrogen-bond acceptors (Lipinski definition) is 3. The molecule has 1 aromatic rings. The van der Waals surface area contributed by atoms with E-state index in [-0.39, 0.29) is 5.25 Å². The first kappa shape index (κ1) is 13.6. The number of benzene rings is 1. The molecule has 1 saturated heterocycles. The Balaban J connectivity index is 2.05. The van der Waals surface area contributed by atoms with Crippen LogP contribution in [0.1, 0.15) is 31.7 Å². The first-order valence-electron chi connectivity index (χ1n) is 6.49. The zero-order chi connectivity index (χ0) is 13.0. The molecule has 1 fully saturated rings. The van der Waals surface area contributed by atoms with Crippen LogP contribution >= 0.6 is 0 Å². The van der Waals surface area contributed by atoms with Gasteiger partial charge >= 0.3 is 0 Å². The molecule has 100 valence electrons. The molecule has 1 aliphatic heterocycles. The summed E-state index contributed by atoms with van der Waals surface area (Å²) in [5.74, 6) is 0. The maximum Gasteiger partial charge on any atom is 0.180 e. The normalized spacial score (nSPS) is 22.6. The van der Waals surface area contributed by atoms with Crippen LogP contribution < -0.4 is 0 Å². The lowest BCUT2D eigenvalue weighted by Crippen LogP contribution is -2.35. The van der Waals surface area contributed by atoms with Crippen LogP contribution in [0, 0.1) is 0 Å². The van der Waals surface area contributed by atoms with Gasteiger partial charge in [0.25, 0.3) is 0 Å². The first-order valence-corrected chi connectivity index (χ1v) is 8.10. The van der Waals surface area contributed by atoms with Crippen LogP contribution in [0.3, 0.4) is 0 Å². The van der Waals surface area contributed by atoms with E-state index in [0.717, 1.165) is 18.4 Å². The molecule has 2 atom stereocenters. The van der Waals surface area contributed by atoms with Crippen LogP contribution in [0.25, 0.3) is 0 Å². The monoisotopic (exact) mass is 268 g/mol. The van der Waals surface area contributed by atoms with Crippen molar-refractivity contribution in [3.05, 3.63) is 35.9 Å². The minimum absolute atomic E-state index is 0.386. The van der Waals surface area contributed by atoms with Crippen LogP contribution in [-0.4, -0.2) is 25.7 Å². The van der Waals surface area contributed by atoms with Crippen molar-refractivity contribution >= 4 is 9.84 Å². The summed E-state index contributed by atoms with van der Waals surface area (Å²) in [6.07, 6.45) is 3.12. The number of rotatable bonds is 4. The van der Waals surface area contributed by atoms with Gasteiger partial charge in [-0.3, -0.25) is 0 Å². The van der Waals surface area contributed by atoms with E-state index in [2.05, 4.69) is 0 Å². The maximum atomic E-state index is 12.4. The van der Waals surface area contributed by atoms with Gasteiger partial charge in [-0.05, 0) is 38.2 Å². The van der Waals surface area contributed by atoms with E-state index in [4.69, 9.17) is 4.74 Å². The molecule has 0 amide bonds. The van der Waals surface area contributed by atoms with Gasteiger partial charge in [0.1, 0.15) is 0 Å². The molecular formula is C14H20O3S. The Bertz CT molecular complexity index is 461. The molecule has 0 aliphatic carbocycles. The van der Waals surface area contributed by atoms with Gasteiger partial charge in [0, 0.05) is 6.61 Å². The average Bonchev–Trinajstić information content (AvgIpc) is 2.41. The number of ether oxygens (including phenoxy) is 1. The minimum atomic E-state index is -3.18. The third kappa shape index (κ3) is 3.12. The van der Waals surface area contributed by atoms with Crippen molar-refractivity contribution < 1.29 is 13.2 Å². The fourth-order valence-corrected chi connectivity index (χ4v) is 4.02. The summed E-state index contributed by atoms with van der Waals surface area (Å²) in [6, 6.07) is 9.74. The van der Waals surface area contributed by atoms with Gasteiger partial charge in [-0.1, -0.05) is 30.3 Å². The maximum absolute atomic E-state index is 12.4. The third-order valence-corrected chi connectivity index (χ3v) is 5.82. The lowest BCUT2D eigenvalue weighted by molar-refractivity contribution is 0.0656. The zero-order valence-corrected chi connectivity index (χ0v) is 11.5. The summed E-state index contributed by atoms with van der Waals surface area (Å²) in [6.45, 7) is 2.35. The Morgan fingerprint density at radius 3 is 2.61 bits per heavy atom. The fraction of sp³-hybridized carbons (Fsp3) is 0.571. The summed E-state index contributed by atoms with van der Waals surface area (Å²) in [4.78, 5) is 0. The standard InChI is InChI=1S/C14H20O3S/c1-12(11-13-7-3-2-4-8-13)18(15,16)14-9-5-6-10-17-14/h2-4,7-8,12,14H,5-6,9-11H2,1H3. The summed E-state index contributed by atoms with van der Waals surface area (Å²) in [5, 5.41) is -0.386. The second kappa shape index (κ2) is 5.85. The van der Waals surface area contributed by atoms with Crippen LogP contribution in [-0.2, 0) is 21.0 Å². The predicted octanol–water partition coefficient (Wildman–Crippen LogP) is 2.56. The van der Waals surface area contributed by atoms with Crippen LogP contribution in [0.5, 0.6) is 0 Å². The lowest BCUT2D eigenvalue weighted by atomic mass is 10.1. The van der Waals surface area contributed by atoms with Crippen molar-refractivity contribution in [3.8, 4) is 0 Å². The molecule has 0 N–H and O–H groups in total. The van der Waals surface area contributed by atoms with Crippen LogP contribution in [0.15, 0.2) is 30.3 Å². The molecule has 18 heavy (non-hydrogen) atoms. The molecule has 1 aromatic carbocycles. The Hall–Kier alpha value is -0.870. The van der Waals surface area contributed by atoms with E-state index in [1.54, 1.807) is 6.92 Å². The SMILES string of the molecule is CC(Cc1ccccc1)S(=O)(=O)C1CCCCO1. The predicted molar refractivity (Wildman–Crippen MR) is 72.1 cm³/mol. The Kier molecular flexibility index (Phi) is 4.40. The zero-order valence-electron chi connectivity index (χ0n) is 10.7. The van der Waals surface area contributed by atoms with E-state index in [0.29, 0.717) is 19.4 Å². The van der Waals surface area contributed by atoms with Gasteiger partial charge in [-0.25, -0.2) is 8.42 Å². The van der Waals surface area contributed by atoms with Crippen molar-refractivity contribution in [1.82, 2.24) is 0 Å². The molecule has 0 saturated carbocycles. The summed E-state index contributed by atoms with van der Waals surface area (Å²) < 4.78 is 30.1. The summed E-state index contributed by atoms with van der Waals surface area (Å²) >= 11 is 0. The molecule has 0 spiro atoms. The molecule has 0 bridgehead atoms. The average molecular weight is 268 g/mol. The van der Waals surface area contributed by atoms with Gasteiger partial charge < -0.3 is 4.74 Å². The fourth-order valence-electron chi connectivity index (χ4n) is 2.29. The van der Waals surface area contributed by atoms with Gasteiger partial charge in [0.15, 0.2) is 15.3 Å². The van der Waals surface area contributed by atoms with Crippen molar-refractivity contribution in [2.45, 2.75) is 43.3 Å². The Labute approximate surface area is 109 Å². The van der Waals surface area contributed by atoms with Crippen LogP contribution in [0.2, 0.25) is 0 Å². The first-order chi connectivity index (χ1) is 8.60.